The van der Waals surface area contributed by atoms with Gasteiger partial charge in [-0.05, 0) is 70.6 Å². The SMILES string of the molecule is CC/C=C\C/C=C\C/C=C\C/C=C\C=C/C(O)C/C=C\CCC(=O)OC[C@H](COP(=O)(O)O)OC(=O)CCCCCCCCC/C=C\CCCCCCCC. The first kappa shape index (κ1) is 52.2. The van der Waals surface area contributed by atoms with Crippen molar-refractivity contribution in [3.8, 4) is 0 Å². The lowest BCUT2D eigenvalue weighted by Gasteiger charge is -2.18. The van der Waals surface area contributed by atoms with Gasteiger partial charge < -0.3 is 24.4 Å². The van der Waals surface area contributed by atoms with Crippen molar-refractivity contribution in [2.45, 2.75) is 174 Å². The molecule has 0 radical (unpaired) electrons. The Morgan fingerprint density at radius 1 is 0.582 bits per heavy atom. The maximum absolute atomic E-state index is 12.4. The molecule has 314 valence electrons. The summed E-state index contributed by atoms with van der Waals surface area (Å²) in [5, 5.41) is 10.1. The summed E-state index contributed by atoms with van der Waals surface area (Å²) in [7, 11) is -4.80. The second-order valence-electron chi connectivity index (χ2n) is 13.8. The van der Waals surface area contributed by atoms with Crippen molar-refractivity contribution in [1.29, 1.82) is 0 Å². The van der Waals surface area contributed by atoms with E-state index in [1.807, 2.05) is 18.2 Å². The van der Waals surface area contributed by atoms with Crippen LogP contribution in [0.15, 0.2) is 85.1 Å². The van der Waals surface area contributed by atoms with Gasteiger partial charge in [0, 0.05) is 12.8 Å². The molecule has 0 amide bonds. The van der Waals surface area contributed by atoms with Crippen molar-refractivity contribution < 1.29 is 43.0 Å². The number of carbonyl (C=O) groups is 2. The maximum Gasteiger partial charge on any atom is 0.469 e. The summed E-state index contributed by atoms with van der Waals surface area (Å²) >= 11 is 0. The van der Waals surface area contributed by atoms with Crippen LogP contribution in [0.3, 0.4) is 0 Å². The predicted octanol–water partition coefficient (Wildman–Crippen LogP) is 11.8. The third kappa shape index (κ3) is 42.2. The van der Waals surface area contributed by atoms with Crippen LogP contribution in [-0.4, -0.2) is 52.3 Å². The number of allylic oxidation sites excluding steroid dienone is 12. The molecule has 0 aliphatic rings. The van der Waals surface area contributed by atoms with Crippen LogP contribution in [0.5, 0.6) is 0 Å². The van der Waals surface area contributed by atoms with Crippen molar-refractivity contribution in [2.75, 3.05) is 13.2 Å². The molecule has 55 heavy (non-hydrogen) atoms. The average molecular weight is 791 g/mol. The van der Waals surface area contributed by atoms with Gasteiger partial charge in [0.15, 0.2) is 6.10 Å². The van der Waals surface area contributed by atoms with E-state index < -0.39 is 38.6 Å². The van der Waals surface area contributed by atoms with Crippen LogP contribution in [0.1, 0.15) is 162 Å². The van der Waals surface area contributed by atoms with E-state index in [4.69, 9.17) is 19.3 Å². The second kappa shape index (κ2) is 39.4. The molecule has 0 rings (SSSR count). The van der Waals surface area contributed by atoms with Crippen molar-refractivity contribution in [3.63, 3.8) is 0 Å². The number of esters is 2. The number of aliphatic hydroxyl groups is 1. The highest BCUT2D eigenvalue weighted by molar-refractivity contribution is 7.46. The molecular formula is C45H75O9P. The summed E-state index contributed by atoms with van der Waals surface area (Å²) in [6, 6.07) is 0. The molecule has 1 unspecified atom stereocenters. The number of aliphatic hydroxyl groups excluding tert-OH is 1. The molecule has 0 aromatic rings. The molecule has 0 saturated carbocycles. The van der Waals surface area contributed by atoms with Crippen LogP contribution in [0.4, 0.5) is 0 Å². The first-order chi connectivity index (χ1) is 26.7. The van der Waals surface area contributed by atoms with Gasteiger partial charge in [-0.1, -0.05) is 163 Å². The number of ether oxygens (including phenoxy) is 2. The van der Waals surface area contributed by atoms with E-state index in [2.05, 4.69) is 67.0 Å². The quantitative estimate of drug-likeness (QED) is 0.0184. The minimum atomic E-state index is -4.80. The van der Waals surface area contributed by atoms with Crippen LogP contribution < -0.4 is 0 Å². The zero-order valence-electron chi connectivity index (χ0n) is 34.2. The van der Waals surface area contributed by atoms with Crippen molar-refractivity contribution in [3.05, 3.63) is 85.1 Å². The van der Waals surface area contributed by atoms with Gasteiger partial charge in [-0.25, -0.2) is 4.57 Å². The predicted molar refractivity (Wildman–Crippen MR) is 226 cm³/mol. The third-order valence-corrected chi connectivity index (χ3v) is 8.98. The van der Waals surface area contributed by atoms with Crippen molar-refractivity contribution in [1.82, 2.24) is 0 Å². The molecule has 3 N–H and O–H groups in total. The first-order valence-electron chi connectivity index (χ1n) is 21.0. The van der Waals surface area contributed by atoms with E-state index in [1.165, 1.54) is 64.2 Å². The van der Waals surface area contributed by atoms with Crippen LogP contribution in [0.2, 0.25) is 0 Å². The monoisotopic (exact) mass is 791 g/mol. The largest absolute Gasteiger partial charge is 0.469 e. The Morgan fingerprint density at radius 3 is 1.73 bits per heavy atom. The van der Waals surface area contributed by atoms with Crippen LogP contribution in [0.25, 0.3) is 0 Å². The summed E-state index contributed by atoms with van der Waals surface area (Å²) in [6.07, 6.45) is 49.1. The number of phosphoric acid groups is 1. The first-order valence-corrected chi connectivity index (χ1v) is 22.5. The summed E-state index contributed by atoms with van der Waals surface area (Å²) < 4.78 is 26.3. The van der Waals surface area contributed by atoms with E-state index in [0.717, 1.165) is 51.4 Å². The van der Waals surface area contributed by atoms with E-state index in [-0.39, 0.29) is 19.4 Å². The van der Waals surface area contributed by atoms with E-state index >= 15 is 0 Å². The zero-order chi connectivity index (χ0) is 40.5. The smallest absolute Gasteiger partial charge is 0.462 e. The molecule has 0 bridgehead atoms. The number of phosphoric ester groups is 1. The standard InChI is InChI=1S/C45H75O9P/c1-3-5-7-9-11-13-15-17-18-19-20-22-24-26-28-30-34-39-45(48)54-43(41-53-55(49,50)51)40-52-44(47)38-35-31-33-37-42(46)36-32-29-27-25-23-21-16-14-12-10-8-6-4-2/h6,8,12,14,17-18,21,23,27,29,31-33,36,42-43,46H,3-5,7,9-11,13,15-16,19-20,22,24-26,28,30,34-35,37-41H2,1-2H3,(H2,49,50,51)/b8-6-,14-12-,18-17-,23-21-,29-27-,33-31-,36-32-/t42?,43-/m1/s1. The van der Waals surface area contributed by atoms with Gasteiger partial charge in [0.2, 0.25) is 0 Å². The Hall–Kier alpha value is -2.81. The molecule has 0 aliphatic heterocycles. The summed E-state index contributed by atoms with van der Waals surface area (Å²) in [4.78, 5) is 42.8. The third-order valence-electron chi connectivity index (χ3n) is 8.49. The van der Waals surface area contributed by atoms with Crippen LogP contribution in [-0.2, 0) is 28.2 Å². The lowest BCUT2D eigenvalue weighted by molar-refractivity contribution is -0.161. The van der Waals surface area contributed by atoms with E-state index in [9.17, 15) is 19.3 Å². The summed E-state index contributed by atoms with van der Waals surface area (Å²) in [6.45, 7) is 3.40. The Balaban J connectivity index is 4.16. The number of hydrogen-bond acceptors (Lipinski definition) is 7. The zero-order valence-corrected chi connectivity index (χ0v) is 35.0. The molecule has 0 spiro atoms. The number of unbranched alkanes of at least 4 members (excludes halogenated alkanes) is 13. The highest BCUT2D eigenvalue weighted by atomic mass is 31.2. The van der Waals surface area contributed by atoms with E-state index in [0.29, 0.717) is 19.3 Å². The van der Waals surface area contributed by atoms with Gasteiger partial charge in [0.25, 0.3) is 0 Å². The molecule has 0 saturated heterocycles. The van der Waals surface area contributed by atoms with Gasteiger partial charge in [-0.2, -0.15) is 0 Å². The highest BCUT2D eigenvalue weighted by Gasteiger charge is 2.22. The second-order valence-corrected chi connectivity index (χ2v) is 15.0. The fraction of sp³-hybridized carbons (Fsp3) is 0.644. The number of hydrogen-bond donors (Lipinski definition) is 3. The Bertz CT molecular complexity index is 1180. The summed E-state index contributed by atoms with van der Waals surface area (Å²) in [5.74, 6) is -1.08. The molecule has 0 fully saturated rings. The maximum atomic E-state index is 12.4. The molecule has 10 heteroatoms. The van der Waals surface area contributed by atoms with Gasteiger partial charge >= 0.3 is 19.8 Å². The molecule has 0 heterocycles. The van der Waals surface area contributed by atoms with Gasteiger partial charge in [-0.15, -0.1) is 0 Å². The lowest BCUT2D eigenvalue weighted by atomic mass is 10.1. The fourth-order valence-corrected chi connectivity index (χ4v) is 5.72. The molecule has 0 aliphatic carbocycles. The molecular weight excluding hydrogens is 715 g/mol. The fourth-order valence-electron chi connectivity index (χ4n) is 5.36. The Morgan fingerprint density at radius 2 is 1.13 bits per heavy atom. The molecule has 9 nitrogen and oxygen atoms in total. The lowest BCUT2D eigenvalue weighted by Crippen LogP contribution is -2.29. The normalized spacial score (nSPS) is 13.9. The van der Waals surface area contributed by atoms with Gasteiger partial charge in [0.1, 0.15) is 6.61 Å². The minimum absolute atomic E-state index is 0.0559. The molecule has 0 aromatic carbocycles. The molecule has 2 atom stereocenters. The average Bonchev–Trinajstić information content (AvgIpc) is 3.15. The number of rotatable bonds is 37. The van der Waals surface area contributed by atoms with Crippen molar-refractivity contribution in [2.24, 2.45) is 0 Å². The van der Waals surface area contributed by atoms with Crippen LogP contribution in [0, 0.1) is 0 Å². The Labute approximate surface area is 334 Å². The minimum Gasteiger partial charge on any atom is -0.462 e. The molecule has 0 aromatic heterocycles. The van der Waals surface area contributed by atoms with Gasteiger partial charge in [-0.3, -0.25) is 14.1 Å². The van der Waals surface area contributed by atoms with E-state index in [1.54, 1.807) is 18.2 Å². The summed E-state index contributed by atoms with van der Waals surface area (Å²) in [5.41, 5.74) is 0. The van der Waals surface area contributed by atoms with Crippen LogP contribution >= 0.6 is 7.82 Å². The topological polar surface area (TPSA) is 140 Å². The van der Waals surface area contributed by atoms with Gasteiger partial charge in [0.05, 0.1) is 12.7 Å². The number of carbonyl (C=O) groups excluding carboxylic acids is 2. The highest BCUT2D eigenvalue weighted by Crippen LogP contribution is 2.36. The van der Waals surface area contributed by atoms with Crippen molar-refractivity contribution >= 4 is 19.8 Å². The Kier molecular flexibility index (Phi) is 37.4.